The monoisotopic (exact) mass is 443 g/mol. The summed E-state index contributed by atoms with van der Waals surface area (Å²) in [5.74, 6) is 1.22. The second-order valence-electron chi connectivity index (χ2n) is 8.60. The Hall–Kier alpha value is -1.90. The molecule has 4 rings (SSSR count). The largest absolute Gasteiger partial charge is 0.379 e. The Bertz CT molecular complexity index is 888. The van der Waals surface area contributed by atoms with E-state index in [9.17, 15) is 4.79 Å². The first-order chi connectivity index (χ1) is 15.1. The van der Waals surface area contributed by atoms with Crippen LogP contribution in [-0.4, -0.2) is 69.7 Å². The maximum atomic E-state index is 12.8. The number of nitrogens with zero attached hydrogens (tertiary/aromatic N) is 4. The Morgan fingerprint density at radius 3 is 2.61 bits per heavy atom. The summed E-state index contributed by atoms with van der Waals surface area (Å²) >= 11 is 1.44. The summed E-state index contributed by atoms with van der Waals surface area (Å²) in [4.78, 5) is 15.3. The van der Waals surface area contributed by atoms with Crippen LogP contribution in [0.15, 0.2) is 29.4 Å². The number of benzene rings is 1. The van der Waals surface area contributed by atoms with Crippen LogP contribution in [0.3, 0.4) is 0 Å². The zero-order valence-electron chi connectivity index (χ0n) is 18.6. The van der Waals surface area contributed by atoms with Crippen molar-refractivity contribution in [2.75, 3.05) is 38.6 Å². The van der Waals surface area contributed by atoms with E-state index in [-0.39, 0.29) is 11.4 Å². The molecule has 1 aliphatic carbocycles. The van der Waals surface area contributed by atoms with Crippen molar-refractivity contribution in [1.82, 2.24) is 25.0 Å². The molecule has 1 saturated heterocycles. The molecule has 1 aromatic carbocycles. The normalized spacial score (nSPS) is 19.3. The third kappa shape index (κ3) is 5.13. The van der Waals surface area contributed by atoms with Crippen molar-refractivity contribution in [1.29, 1.82) is 0 Å². The Balaban J connectivity index is 1.38. The molecule has 0 bridgehead atoms. The number of para-hydroxylation sites is 1. The number of amides is 1. The summed E-state index contributed by atoms with van der Waals surface area (Å²) in [7, 11) is 0. The highest BCUT2D eigenvalue weighted by molar-refractivity contribution is 7.99. The number of aromatic nitrogens is 3. The smallest absolute Gasteiger partial charge is 0.230 e. The first-order valence-corrected chi connectivity index (χ1v) is 12.3. The summed E-state index contributed by atoms with van der Waals surface area (Å²) in [6, 6.07) is 8.17. The van der Waals surface area contributed by atoms with Gasteiger partial charge in [-0.15, -0.1) is 10.2 Å². The lowest BCUT2D eigenvalue weighted by Crippen LogP contribution is -2.59. The molecule has 7 nitrogen and oxygen atoms in total. The molecule has 0 spiro atoms. The summed E-state index contributed by atoms with van der Waals surface area (Å²) in [5.41, 5.74) is 2.29. The number of nitrogens with one attached hydrogen (secondary N) is 1. The lowest BCUT2D eigenvalue weighted by molar-refractivity contribution is -0.119. The van der Waals surface area contributed by atoms with Crippen molar-refractivity contribution >= 4 is 17.7 Å². The van der Waals surface area contributed by atoms with Crippen LogP contribution in [0.1, 0.15) is 43.5 Å². The standard InChI is InChI=1S/C23H33N5O2S/c1-18-8-4-5-9-20(18)28-19(2)25-26-22(28)31-16-21(29)24-17-23(10-6-3-7-11-23)27-12-14-30-15-13-27/h4-5,8-9H,3,6-7,10-17H2,1-2H3,(H,24,29). The number of thioether (sulfide) groups is 1. The number of rotatable bonds is 7. The van der Waals surface area contributed by atoms with Gasteiger partial charge in [0.1, 0.15) is 5.82 Å². The molecule has 2 heterocycles. The number of hydrogen-bond acceptors (Lipinski definition) is 6. The van der Waals surface area contributed by atoms with Gasteiger partial charge in [0, 0.05) is 25.2 Å². The number of carbonyl (C=O) groups excluding carboxylic acids is 1. The van der Waals surface area contributed by atoms with E-state index in [1.807, 2.05) is 23.6 Å². The van der Waals surface area contributed by atoms with Gasteiger partial charge in [0.25, 0.3) is 0 Å². The minimum Gasteiger partial charge on any atom is -0.379 e. The van der Waals surface area contributed by atoms with E-state index in [2.05, 4.69) is 39.5 Å². The molecule has 1 N–H and O–H groups in total. The topological polar surface area (TPSA) is 72.3 Å². The molecule has 1 amide bonds. The van der Waals surface area contributed by atoms with E-state index in [4.69, 9.17) is 4.74 Å². The zero-order valence-corrected chi connectivity index (χ0v) is 19.4. The van der Waals surface area contributed by atoms with Crippen LogP contribution in [0, 0.1) is 13.8 Å². The van der Waals surface area contributed by atoms with Crippen LogP contribution >= 0.6 is 11.8 Å². The molecule has 8 heteroatoms. The van der Waals surface area contributed by atoms with Gasteiger partial charge < -0.3 is 10.1 Å². The first-order valence-electron chi connectivity index (χ1n) is 11.3. The fourth-order valence-electron chi connectivity index (χ4n) is 4.82. The third-order valence-electron chi connectivity index (χ3n) is 6.56. The molecule has 2 fully saturated rings. The molecule has 0 unspecified atom stereocenters. The maximum Gasteiger partial charge on any atom is 0.230 e. The van der Waals surface area contributed by atoms with Gasteiger partial charge >= 0.3 is 0 Å². The lowest BCUT2D eigenvalue weighted by Gasteiger charge is -2.48. The van der Waals surface area contributed by atoms with Gasteiger partial charge in [-0.1, -0.05) is 49.2 Å². The van der Waals surface area contributed by atoms with Gasteiger partial charge in [-0.25, -0.2) is 0 Å². The van der Waals surface area contributed by atoms with E-state index in [0.29, 0.717) is 5.75 Å². The highest BCUT2D eigenvalue weighted by Crippen LogP contribution is 2.34. The van der Waals surface area contributed by atoms with Gasteiger partial charge in [-0.05, 0) is 38.3 Å². The van der Waals surface area contributed by atoms with Gasteiger partial charge in [0.2, 0.25) is 5.91 Å². The second kappa shape index (κ2) is 10.1. The first kappa shape index (κ1) is 22.3. The Morgan fingerprint density at radius 2 is 1.87 bits per heavy atom. The summed E-state index contributed by atoms with van der Waals surface area (Å²) < 4.78 is 7.59. The molecule has 2 aliphatic rings. The molecule has 1 aliphatic heterocycles. The Kier molecular flexibility index (Phi) is 7.30. The molecule has 1 aromatic heterocycles. The SMILES string of the molecule is Cc1ccccc1-n1c(C)nnc1SCC(=O)NCC1(N2CCOCC2)CCCCC1. The number of aryl methyl sites for hydroxylation is 2. The van der Waals surface area contributed by atoms with Gasteiger partial charge in [0.15, 0.2) is 5.16 Å². The highest BCUT2D eigenvalue weighted by atomic mass is 32.2. The lowest BCUT2D eigenvalue weighted by atomic mass is 9.79. The highest BCUT2D eigenvalue weighted by Gasteiger charge is 2.38. The third-order valence-corrected chi connectivity index (χ3v) is 7.49. The van der Waals surface area contributed by atoms with E-state index in [1.54, 1.807) is 0 Å². The molecule has 1 saturated carbocycles. The summed E-state index contributed by atoms with van der Waals surface area (Å²) in [6.07, 6.45) is 6.08. The molecule has 0 radical (unpaired) electrons. The Labute approximate surface area is 188 Å². The number of morpholine rings is 1. The zero-order chi connectivity index (χ0) is 21.7. The van der Waals surface area contributed by atoms with Crippen LogP contribution in [0.5, 0.6) is 0 Å². The van der Waals surface area contributed by atoms with Gasteiger partial charge in [0.05, 0.1) is 24.7 Å². The second-order valence-corrected chi connectivity index (χ2v) is 9.54. The van der Waals surface area contributed by atoms with Crippen molar-refractivity contribution in [3.8, 4) is 5.69 Å². The van der Waals surface area contributed by atoms with Gasteiger partial charge in [-0.3, -0.25) is 14.3 Å². The van der Waals surface area contributed by atoms with Crippen molar-refractivity contribution in [2.24, 2.45) is 0 Å². The predicted octanol–water partition coefficient (Wildman–Crippen LogP) is 3.13. The minimum atomic E-state index is 0.0557. The average molecular weight is 444 g/mol. The molecule has 31 heavy (non-hydrogen) atoms. The fourth-order valence-corrected chi connectivity index (χ4v) is 5.65. The number of carbonyl (C=O) groups is 1. The predicted molar refractivity (Wildman–Crippen MR) is 123 cm³/mol. The Morgan fingerprint density at radius 1 is 1.13 bits per heavy atom. The quantitative estimate of drug-likeness (QED) is 0.663. The summed E-state index contributed by atoms with van der Waals surface area (Å²) in [6.45, 7) is 8.24. The van der Waals surface area contributed by atoms with Crippen LogP contribution in [0.25, 0.3) is 5.69 Å². The molecule has 0 atom stereocenters. The average Bonchev–Trinajstić information content (AvgIpc) is 3.18. The minimum absolute atomic E-state index is 0.0557. The number of hydrogen-bond donors (Lipinski definition) is 1. The molecule has 2 aromatic rings. The fraction of sp³-hybridized carbons (Fsp3) is 0.609. The van der Waals surface area contributed by atoms with E-state index in [1.165, 1.54) is 31.0 Å². The van der Waals surface area contributed by atoms with Crippen molar-refractivity contribution in [3.05, 3.63) is 35.7 Å². The van der Waals surface area contributed by atoms with Crippen molar-refractivity contribution < 1.29 is 9.53 Å². The molecule has 168 valence electrons. The molecular formula is C23H33N5O2S. The van der Waals surface area contributed by atoms with E-state index in [0.717, 1.165) is 67.9 Å². The van der Waals surface area contributed by atoms with Gasteiger partial charge in [-0.2, -0.15) is 0 Å². The van der Waals surface area contributed by atoms with E-state index < -0.39 is 0 Å². The van der Waals surface area contributed by atoms with Crippen LogP contribution in [0.4, 0.5) is 0 Å². The maximum absolute atomic E-state index is 12.8. The summed E-state index contributed by atoms with van der Waals surface area (Å²) in [5, 5.41) is 12.6. The van der Waals surface area contributed by atoms with Crippen LogP contribution in [0.2, 0.25) is 0 Å². The number of ether oxygens (including phenoxy) is 1. The van der Waals surface area contributed by atoms with Crippen LogP contribution in [-0.2, 0) is 9.53 Å². The van der Waals surface area contributed by atoms with Crippen molar-refractivity contribution in [2.45, 2.75) is 56.6 Å². The molecular weight excluding hydrogens is 410 g/mol. The van der Waals surface area contributed by atoms with Crippen LogP contribution < -0.4 is 5.32 Å². The van der Waals surface area contributed by atoms with Crippen molar-refractivity contribution in [3.63, 3.8) is 0 Å². The van der Waals surface area contributed by atoms with E-state index >= 15 is 0 Å².